The molecule has 0 heterocycles. The van der Waals surface area contributed by atoms with Crippen LogP contribution in [-0.4, -0.2) is 6.54 Å². The molecule has 0 aromatic heterocycles. The number of hydrogen-bond donors (Lipinski definition) is 2. The van der Waals surface area contributed by atoms with Crippen LogP contribution in [0.2, 0.25) is 0 Å². The van der Waals surface area contributed by atoms with E-state index in [2.05, 4.69) is 18.7 Å². The van der Waals surface area contributed by atoms with Gasteiger partial charge in [-0.3, -0.25) is 0 Å². The molecule has 0 radical (unpaired) electrons. The lowest BCUT2D eigenvalue weighted by Crippen LogP contribution is -2.23. The predicted molar refractivity (Wildman–Crippen MR) is 83.6 cm³/mol. The van der Waals surface area contributed by atoms with E-state index in [4.69, 9.17) is 11.5 Å². The van der Waals surface area contributed by atoms with E-state index in [9.17, 15) is 0 Å². The summed E-state index contributed by atoms with van der Waals surface area (Å²) in [7, 11) is 0. The number of rotatable bonds is 4. The summed E-state index contributed by atoms with van der Waals surface area (Å²) in [4.78, 5) is 2.24. The molecule has 0 amide bonds. The molecule has 3 nitrogen and oxygen atoms in total. The normalized spacial score (nSPS) is 10.7. The predicted octanol–water partition coefficient (Wildman–Crippen LogP) is 3.65. The Morgan fingerprint density at radius 1 is 0.947 bits per heavy atom. The standard InChI is InChI=1S/C16H21N3/c1-12(2)11-19(14-9-7-13(17)8-10-14)16-6-4-3-5-15(16)18/h3-10,12H,11,17-18H2,1-2H3. The molecular formula is C16H21N3. The summed E-state index contributed by atoms with van der Waals surface area (Å²) in [5, 5.41) is 0. The average Bonchev–Trinajstić information content (AvgIpc) is 2.38. The average molecular weight is 255 g/mol. The monoisotopic (exact) mass is 255 g/mol. The Labute approximate surface area is 114 Å². The maximum Gasteiger partial charge on any atom is 0.0644 e. The van der Waals surface area contributed by atoms with Gasteiger partial charge in [0.05, 0.1) is 11.4 Å². The van der Waals surface area contributed by atoms with Gasteiger partial charge in [0, 0.05) is 17.9 Å². The van der Waals surface area contributed by atoms with Gasteiger partial charge in [-0.1, -0.05) is 26.0 Å². The van der Waals surface area contributed by atoms with Crippen LogP contribution in [0, 0.1) is 5.92 Å². The van der Waals surface area contributed by atoms with Crippen LogP contribution in [0.4, 0.5) is 22.7 Å². The number of hydrogen-bond acceptors (Lipinski definition) is 3. The van der Waals surface area contributed by atoms with Gasteiger partial charge in [-0.25, -0.2) is 0 Å². The Hall–Kier alpha value is -2.16. The molecule has 100 valence electrons. The van der Waals surface area contributed by atoms with Crippen LogP contribution < -0.4 is 16.4 Å². The molecule has 2 aromatic carbocycles. The molecule has 3 heteroatoms. The Morgan fingerprint density at radius 2 is 1.58 bits per heavy atom. The van der Waals surface area contributed by atoms with Gasteiger partial charge < -0.3 is 16.4 Å². The van der Waals surface area contributed by atoms with Crippen molar-refractivity contribution in [2.24, 2.45) is 5.92 Å². The minimum atomic E-state index is 0.539. The van der Waals surface area contributed by atoms with Gasteiger partial charge in [0.15, 0.2) is 0 Å². The Bertz CT molecular complexity index is 532. The minimum Gasteiger partial charge on any atom is -0.399 e. The van der Waals surface area contributed by atoms with Crippen molar-refractivity contribution in [2.75, 3.05) is 22.9 Å². The first-order valence-corrected chi connectivity index (χ1v) is 6.55. The lowest BCUT2D eigenvalue weighted by atomic mass is 10.1. The van der Waals surface area contributed by atoms with E-state index < -0.39 is 0 Å². The van der Waals surface area contributed by atoms with Crippen LogP contribution >= 0.6 is 0 Å². The molecule has 2 aromatic rings. The van der Waals surface area contributed by atoms with Gasteiger partial charge in [-0.15, -0.1) is 0 Å². The van der Waals surface area contributed by atoms with Gasteiger partial charge in [0.2, 0.25) is 0 Å². The van der Waals surface area contributed by atoms with Gasteiger partial charge in [0.1, 0.15) is 0 Å². The highest BCUT2D eigenvalue weighted by atomic mass is 15.1. The second kappa shape index (κ2) is 5.65. The quantitative estimate of drug-likeness (QED) is 0.820. The van der Waals surface area contributed by atoms with Crippen LogP contribution in [0.25, 0.3) is 0 Å². The number of nitrogens with two attached hydrogens (primary N) is 2. The largest absolute Gasteiger partial charge is 0.399 e. The molecule has 0 aliphatic carbocycles. The third-order valence-electron chi connectivity index (χ3n) is 2.98. The van der Waals surface area contributed by atoms with E-state index in [1.54, 1.807) is 0 Å². The van der Waals surface area contributed by atoms with Crippen molar-refractivity contribution in [3.63, 3.8) is 0 Å². The third-order valence-corrected chi connectivity index (χ3v) is 2.98. The van der Waals surface area contributed by atoms with Gasteiger partial charge in [0.25, 0.3) is 0 Å². The lowest BCUT2D eigenvalue weighted by Gasteiger charge is -2.28. The first-order valence-electron chi connectivity index (χ1n) is 6.55. The molecule has 0 aliphatic rings. The van der Waals surface area contributed by atoms with Crippen LogP contribution in [0.5, 0.6) is 0 Å². The van der Waals surface area contributed by atoms with Crippen molar-refractivity contribution in [2.45, 2.75) is 13.8 Å². The summed E-state index contributed by atoms with van der Waals surface area (Å²) in [6, 6.07) is 15.8. The molecule has 2 rings (SSSR count). The van der Waals surface area contributed by atoms with Crippen molar-refractivity contribution in [1.82, 2.24) is 0 Å². The molecule has 0 saturated heterocycles. The Kier molecular flexibility index (Phi) is 3.95. The lowest BCUT2D eigenvalue weighted by molar-refractivity contribution is 0.652. The summed E-state index contributed by atoms with van der Waals surface area (Å²) >= 11 is 0. The van der Waals surface area contributed by atoms with Crippen LogP contribution in [0.15, 0.2) is 48.5 Å². The van der Waals surface area contributed by atoms with E-state index in [0.717, 1.165) is 29.3 Å². The molecule has 0 bridgehead atoms. The smallest absolute Gasteiger partial charge is 0.0644 e. The molecular weight excluding hydrogens is 234 g/mol. The first-order chi connectivity index (χ1) is 9.08. The van der Waals surface area contributed by atoms with E-state index in [-0.39, 0.29) is 0 Å². The Balaban J connectivity index is 2.41. The van der Waals surface area contributed by atoms with Crippen molar-refractivity contribution in [1.29, 1.82) is 0 Å². The third kappa shape index (κ3) is 3.19. The molecule has 0 unspecified atom stereocenters. The zero-order valence-corrected chi connectivity index (χ0v) is 11.5. The van der Waals surface area contributed by atoms with Crippen molar-refractivity contribution in [3.05, 3.63) is 48.5 Å². The molecule has 0 saturated carbocycles. The van der Waals surface area contributed by atoms with Crippen molar-refractivity contribution in [3.8, 4) is 0 Å². The van der Waals surface area contributed by atoms with Gasteiger partial charge in [-0.05, 0) is 42.3 Å². The molecule has 0 aliphatic heterocycles. The molecule has 0 atom stereocenters. The second-order valence-corrected chi connectivity index (χ2v) is 5.15. The van der Waals surface area contributed by atoms with Crippen molar-refractivity contribution < 1.29 is 0 Å². The van der Waals surface area contributed by atoms with E-state index in [1.165, 1.54) is 0 Å². The maximum atomic E-state index is 6.10. The van der Waals surface area contributed by atoms with Crippen molar-refractivity contribution >= 4 is 22.7 Å². The number of benzene rings is 2. The molecule has 0 spiro atoms. The fourth-order valence-corrected chi connectivity index (χ4v) is 2.10. The highest BCUT2D eigenvalue weighted by molar-refractivity contribution is 5.75. The topological polar surface area (TPSA) is 55.3 Å². The SMILES string of the molecule is CC(C)CN(c1ccc(N)cc1)c1ccccc1N. The summed E-state index contributed by atoms with van der Waals surface area (Å²) in [5.74, 6) is 0.539. The van der Waals surface area contributed by atoms with E-state index in [1.807, 2.05) is 48.5 Å². The molecule has 0 fully saturated rings. The van der Waals surface area contributed by atoms with Gasteiger partial charge in [-0.2, -0.15) is 0 Å². The molecule has 19 heavy (non-hydrogen) atoms. The highest BCUT2D eigenvalue weighted by Gasteiger charge is 2.13. The van der Waals surface area contributed by atoms with Gasteiger partial charge >= 0.3 is 0 Å². The van der Waals surface area contributed by atoms with Crippen LogP contribution in [0.1, 0.15) is 13.8 Å². The fraction of sp³-hybridized carbons (Fsp3) is 0.250. The molecule has 4 N–H and O–H groups in total. The first kappa shape index (κ1) is 13.3. The Morgan fingerprint density at radius 3 is 2.16 bits per heavy atom. The van der Waals surface area contributed by atoms with Crippen LogP contribution in [0.3, 0.4) is 0 Å². The summed E-state index contributed by atoms with van der Waals surface area (Å²) in [6.45, 7) is 5.31. The second-order valence-electron chi connectivity index (χ2n) is 5.15. The number of para-hydroxylation sites is 2. The fourth-order valence-electron chi connectivity index (χ4n) is 2.10. The van der Waals surface area contributed by atoms with E-state index >= 15 is 0 Å². The summed E-state index contributed by atoms with van der Waals surface area (Å²) in [5.41, 5.74) is 15.6. The number of nitrogens with zero attached hydrogens (tertiary/aromatic N) is 1. The minimum absolute atomic E-state index is 0.539. The van der Waals surface area contributed by atoms with E-state index in [0.29, 0.717) is 5.92 Å². The van der Waals surface area contributed by atoms with Crippen LogP contribution in [-0.2, 0) is 0 Å². The number of anilines is 4. The summed E-state index contributed by atoms with van der Waals surface area (Å²) in [6.07, 6.45) is 0. The zero-order chi connectivity index (χ0) is 13.8. The maximum absolute atomic E-state index is 6.10. The zero-order valence-electron chi connectivity index (χ0n) is 11.5. The highest BCUT2D eigenvalue weighted by Crippen LogP contribution is 2.31. The summed E-state index contributed by atoms with van der Waals surface area (Å²) < 4.78 is 0. The number of nitrogen functional groups attached to an aromatic ring is 2.